The predicted octanol–water partition coefficient (Wildman–Crippen LogP) is 5.15. The standard InChI is InChI=1S/C25H20F2N2O3/c1-15(2)32-21-12-6-16(7-13-21)22-23(28-19-5-3-4-18(27)14-19)25(31)29(24(22)30)20-10-8-17(26)9-11-20/h3-15,28H,1-2H3. The Hall–Kier alpha value is -4.00. The zero-order valence-electron chi connectivity index (χ0n) is 17.4. The number of carbonyl (C=O) groups excluding carboxylic acids is 2. The van der Waals surface area contributed by atoms with Gasteiger partial charge in [0.1, 0.15) is 23.1 Å². The van der Waals surface area contributed by atoms with Crippen molar-refractivity contribution >= 4 is 28.8 Å². The number of rotatable bonds is 6. The minimum absolute atomic E-state index is 0.00227. The topological polar surface area (TPSA) is 58.6 Å². The van der Waals surface area contributed by atoms with Crippen molar-refractivity contribution in [3.8, 4) is 5.75 Å². The van der Waals surface area contributed by atoms with Crippen molar-refractivity contribution in [1.82, 2.24) is 0 Å². The van der Waals surface area contributed by atoms with Crippen LogP contribution in [0.2, 0.25) is 0 Å². The maximum atomic E-state index is 13.7. The number of nitrogens with one attached hydrogen (secondary N) is 1. The number of hydrogen-bond donors (Lipinski definition) is 1. The fraction of sp³-hybridized carbons (Fsp3) is 0.120. The number of halogens is 2. The summed E-state index contributed by atoms with van der Waals surface area (Å²) in [6.45, 7) is 3.80. The maximum Gasteiger partial charge on any atom is 0.282 e. The van der Waals surface area contributed by atoms with Gasteiger partial charge in [-0.05, 0) is 74.0 Å². The maximum absolute atomic E-state index is 13.7. The van der Waals surface area contributed by atoms with Gasteiger partial charge in [0.05, 0.1) is 17.4 Å². The lowest BCUT2D eigenvalue weighted by atomic mass is 10.0. The lowest BCUT2D eigenvalue weighted by molar-refractivity contribution is -0.120. The minimum Gasteiger partial charge on any atom is -0.491 e. The molecule has 4 rings (SSSR count). The zero-order chi connectivity index (χ0) is 22.8. The van der Waals surface area contributed by atoms with Crippen molar-refractivity contribution in [3.63, 3.8) is 0 Å². The predicted molar refractivity (Wildman–Crippen MR) is 118 cm³/mol. The first-order valence-corrected chi connectivity index (χ1v) is 10.0. The average Bonchev–Trinajstić information content (AvgIpc) is 2.99. The van der Waals surface area contributed by atoms with Gasteiger partial charge >= 0.3 is 0 Å². The molecule has 0 unspecified atom stereocenters. The second kappa shape index (κ2) is 8.63. The minimum atomic E-state index is -0.622. The monoisotopic (exact) mass is 434 g/mol. The Morgan fingerprint density at radius 3 is 2.16 bits per heavy atom. The third-order valence-electron chi connectivity index (χ3n) is 4.78. The molecule has 0 aliphatic carbocycles. The van der Waals surface area contributed by atoms with Crippen molar-refractivity contribution < 1.29 is 23.1 Å². The van der Waals surface area contributed by atoms with Crippen LogP contribution in [0.25, 0.3) is 5.57 Å². The summed E-state index contributed by atoms with van der Waals surface area (Å²) in [4.78, 5) is 27.6. The summed E-state index contributed by atoms with van der Waals surface area (Å²) in [5.74, 6) is -1.54. The summed E-state index contributed by atoms with van der Waals surface area (Å²) in [6.07, 6.45) is -0.0195. The summed E-state index contributed by atoms with van der Waals surface area (Å²) >= 11 is 0. The van der Waals surface area contributed by atoms with Gasteiger partial charge in [0.25, 0.3) is 11.8 Å². The van der Waals surface area contributed by atoms with Crippen LogP contribution in [0.4, 0.5) is 20.2 Å². The van der Waals surface area contributed by atoms with Crippen molar-refractivity contribution in [1.29, 1.82) is 0 Å². The average molecular weight is 434 g/mol. The van der Waals surface area contributed by atoms with Crippen LogP contribution >= 0.6 is 0 Å². The smallest absolute Gasteiger partial charge is 0.282 e. The lowest BCUT2D eigenvalue weighted by Crippen LogP contribution is -2.32. The molecule has 1 N–H and O–H groups in total. The molecule has 0 saturated heterocycles. The summed E-state index contributed by atoms with van der Waals surface area (Å²) in [5, 5.41) is 2.89. The number of nitrogens with zero attached hydrogens (tertiary/aromatic N) is 1. The molecule has 1 heterocycles. The molecule has 2 amide bonds. The third kappa shape index (κ3) is 4.23. The molecule has 162 valence electrons. The molecule has 3 aromatic rings. The molecule has 0 atom stereocenters. The van der Waals surface area contributed by atoms with E-state index in [1.165, 1.54) is 42.5 Å². The SMILES string of the molecule is CC(C)Oc1ccc(C2=C(Nc3cccc(F)c3)C(=O)N(c3ccc(F)cc3)C2=O)cc1. The van der Waals surface area contributed by atoms with Gasteiger partial charge in [-0.25, -0.2) is 13.7 Å². The fourth-order valence-corrected chi connectivity index (χ4v) is 3.42. The first-order chi connectivity index (χ1) is 15.3. The van der Waals surface area contributed by atoms with E-state index in [1.807, 2.05) is 13.8 Å². The van der Waals surface area contributed by atoms with E-state index in [0.29, 0.717) is 17.0 Å². The number of anilines is 2. The molecule has 0 aromatic heterocycles. The Labute approximate surface area is 183 Å². The Morgan fingerprint density at radius 1 is 0.844 bits per heavy atom. The van der Waals surface area contributed by atoms with E-state index < -0.39 is 23.4 Å². The van der Waals surface area contributed by atoms with Crippen molar-refractivity contribution in [3.05, 3.63) is 95.7 Å². The lowest BCUT2D eigenvalue weighted by Gasteiger charge is -2.15. The highest BCUT2D eigenvalue weighted by Gasteiger charge is 2.40. The molecule has 7 heteroatoms. The molecule has 3 aromatic carbocycles. The van der Waals surface area contributed by atoms with Gasteiger partial charge in [-0.3, -0.25) is 9.59 Å². The van der Waals surface area contributed by atoms with E-state index in [0.717, 1.165) is 4.90 Å². The molecule has 0 fully saturated rings. The van der Waals surface area contributed by atoms with Crippen LogP contribution in [-0.2, 0) is 9.59 Å². The Kier molecular flexibility index (Phi) is 5.73. The number of hydrogen-bond acceptors (Lipinski definition) is 4. The number of imide groups is 1. The van der Waals surface area contributed by atoms with E-state index in [9.17, 15) is 18.4 Å². The van der Waals surface area contributed by atoms with Gasteiger partial charge in [-0.15, -0.1) is 0 Å². The van der Waals surface area contributed by atoms with Crippen LogP contribution in [0.15, 0.2) is 78.5 Å². The molecule has 0 spiro atoms. The van der Waals surface area contributed by atoms with Gasteiger partial charge in [0.2, 0.25) is 0 Å². The van der Waals surface area contributed by atoms with Crippen molar-refractivity contribution in [2.24, 2.45) is 0 Å². The molecule has 1 aliphatic rings. The molecule has 0 bridgehead atoms. The number of benzene rings is 3. The highest BCUT2D eigenvalue weighted by atomic mass is 19.1. The van der Waals surface area contributed by atoms with Gasteiger partial charge < -0.3 is 10.1 Å². The number of carbonyl (C=O) groups is 2. The van der Waals surface area contributed by atoms with Crippen LogP contribution in [0.1, 0.15) is 19.4 Å². The van der Waals surface area contributed by atoms with E-state index >= 15 is 0 Å². The highest BCUT2D eigenvalue weighted by Crippen LogP contribution is 2.34. The van der Waals surface area contributed by atoms with Crippen LogP contribution in [0.3, 0.4) is 0 Å². The Morgan fingerprint density at radius 2 is 1.53 bits per heavy atom. The number of ether oxygens (including phenoxy) is 1. The molecule has 0 radical (unpaired) electrons. The van der Waals surface area contributed by atoms with Crippen molar-refractivity contribution in [2.45, 2.75) is 20.0 Å². The van der Waals surface area contributed by atoms with Gasteiger partial charge in [0.15, 0.2) is 0 Å². The second-order valence-electron chi connectivity index (χ2n) is 7.50. The molecule has 32 heavy (non-hydrogen) atoms. The van der Waals surface area contributed by atoms with E-state index in [4.69, 9.17) is 4.74 Å². The normalized spacial score (nSPS) is 13.8. The summed E-state index contributed by atoms with van der Waals surface area (Å²) in [7, 11) is 0. The van der Waals surface area contributed by atoms with Crippen LogP contribution in [0, 0.1) is 11.6 Å². The number of amides is 2. The van der Waals surface area contributed by atoms with E-state index in [-0.39, 0.29) is 23.1 Å². The highest BCUT2D eigenvalue weighted by molar-refractivity contribution is 6.46. The van der Waals surface area contributed by atoms with E-state index in [1.54, 1.807) is 30.3 Å². The fourth-order valence-electron chi connectivity index (χ4n) is 3.42. The van der Waals surface area contributed by atoms with Crippen LogP contribution < -0.4 is 15.0 Å². The second-order valence-corrected chi connectivity index (χ2v) is 7.50. The van der Waals surface area contributed by atoms with Crippen LogP contribution in [0.5, 0.6) is 5.75 Å². The van der Waals surface area contributed by atoms with Gasteiger partial charge in [-0.1, -0.05) is 18.2 Å². The molecule has 5 nitrogen and oxygen atoms in total. The quantitative estimate of drug-likeness (QED) is 0.546. The molecular formula is C25H20F2N2O3. The van der Waals surface area contributed by atoms with Gasteiger partial charge in [-0.2, -0.15) is 0 Å². The largest absolute Gasteiger partial charge is 0.491 e. The first-order valence-electron chi connectivity index (χ1n) is 10.0. The molecular weight excluding hydrogens is 414 g/mol. The Balaban J connectivity index is 1.77. The zero-order valence-corrected chi connectivity index (χ0v) is 17.4. The molecule has 0 saturated carbocycles. The summed E-state index contributed by atoms with van der Waals surface area (Å²) in [5.41, 5.74) is 1.17. The van der Waals surface area contributed by atoms with Crippen molar-refractivity contribution in [2.75, 3.05) is 10.2 Å². The van der Waals surface area contributed by atoms with Gasteiger partial charge in [0, 0.05) is 5.69 Å². The third-order valence-corrected chi connectivity index (χ3v) is 4.78. The summed E-state index contributed by atoms with van der Waals surface area (Å²) < 4.78 is 32.7. The molecule has 1 aliphatic heterocycles. The van der Waals surface area contributed by atoms with E-state index in [2.05, 4.69) is 5.32 Å². The van der Waals surface area contributed by atoms with Crippen LogP contribution in [-0.4, -0.2) is 17.9 Å². The first kappa shape index (κ1) is 21.2. The Bertz CT molecular complexity index is 1200. The summed E-state index contributed by atoms with van der Waals surface area (Å²) in [6, 6.07) is 17.4.